The largest absolute Gasteiger partial charge is 0.394 e. The van der Waals surface area contributed by atoms with E-state index in [0.717, 1.165) is 4.57 Å². The number of hydrogen-bond acceptors (Lipinski definition) is 8. The molecule has 0 unspecified atom stereocenters. The summed E-state index contributed by atoms with van der Waals surface area (Å²) >= 11 is 0. The first-order chi connectivity index (χ1) is 9.53. The Morgan fingerprint density at radius 3 is 2.65 bits per heavy atom. The molecule has 0 aliphatic carbocycles. The van der Waals surface area contributed by atoms with Gasteiger partial charge in [-0.2, -0.15) is 4.98 Å². The van der Waals surface area contributed by atoms with Gasteiger partial charge in [-0.15, -0.1) is 0 Å². The number of nitrogens with one attached hydrogen (secondary N) is 1. The quantitative estimate of drug-likeness (QED) is 0.410. The van der Waals surface area contributed by atoms with E-state index in [1.807, 2.05) is 5.48 Å². The van der Waals surface area contributed by atoms with Crippen molar-refractivity contribution in [3.8, 4) is 0 Å². The van der Waals surface area contributed by atoms with E-state index in [0.29, 0.717) is 12.0 Å². The Labute approximate surface area is 114 Å². The Balaban J connectivity index is 2.41. The number of nitrogens with zero attached hydrogens (tertiary/aromatic N) is 2. The highest BCUT2D eigenvalue weighted by Gasteiger charge is 2.43. The van der Waals surface area contributed by atoms with Crippen LogP contribution in [0.1, 0.15) is 18.7 Å². The Morgan fingerprint density at radius 1 is 1.45 bits per heavy atom. The van der Waals surface area contributed by atoms with Crippen molar-refractivity contribution < 1.29 is 25.3 Å². The summed E-state index contributed by atoms with van der Waals surface area (Å²) in [6.45, 7) is 1.32. The van der Waals surface area contributed by atoms with Crippen LogP contribution < -0.4 is 11.2 Å². The normalized spacial score (nSPS) is 29.6. The molecule has 1 aromatic rings. The number of aryl methyl sites for hydroxylation is 1. The Hall–Kier alpha value is -1.52. The fourth-order valence-corrected chi connectivity index (χ4v) is 2.16. The van der Waals surface area contributed by atoms with Crippen LogP contribution in [0.2, 0.25) is 0 Å². The van der Waals surface area contributed by atoms with Crippen LogP contribution in [0.4, 0.5) is 5.82 Å². The predicted molar refractivity (Wildman–Crippen MR) is 66.3 cm³/mol. The van der Waals surface area contributed by atoms with Gasteiger partial charge in [-0.1, -0.05) is 6.92 Å². The van der Waals surface area contributed by atoms with E-state index in [2.05, 4.69) is 4.98 Å². The summed E-state index contributed by atoms with van der Waals surface area (Å²) in [6.07, 6.45) is -2.90. The highest BCUT2D eigenvalue weighted by atomic mass is 16.6. The van der Waals surface area contributed by atoms with Crippen molar-refractivity contribution in [1.82, 2.24) is 9.55 Å². The molecule has 1 aliphatic rings. The Kier molecular flexibility index (Phi) is 4.35. The zero-order valence-corrected chi connectivity index (χ0v) is 10.8. The summed E-state index contributed by atoms with van der Waals surface area (Å²) in [5.74, 6) is 0.0282. The SMILES string of the molecule is CCc1cn([C@@H]2O[C@H](CO)[C@@H](O)[C@H]2O)c(=O)nc1NO. The molecule has 0 saturated carbocycles. The molecule has 0 radical (unpaired) electrons. The minimum Gasteiger partial charge on any atom is -0.394 e. The van der Waals surface area contributed by atoms with Gasteiger partial charge in [0.25, 0.3) is 0 Å². The average Bonchev–Trinajstić information content (AvgIpc) is 2.74. The summed E-state index contributed by atoms with van der Waals surface area (Å²) in [6, 6.07) is 0. The lowest BCUT2D eigenvalue weighted by Crippen LogP contribution is -2.36. The third-order valence-corrected chi connectivity index (χ3v) is 3.31. The number of anilines is 1. The lowest BCUT2D eigenvalue weighted by Gasteiger charge is -2.18. The van der Waals surface area contributed by atoms with Crippen molar-refractivity contribution in [1.29, 1.82) is 0 Å². The van der Waals surface area contributed by atoms with E-state index in [-0.39, 0.29) is 5.82 Å². The minimum absolute atomic E-state index is 0.0282. The molecule has 0 spiro atoms. The molecule has 0 aromatic carbocycles. The second-order valence-corrected chi connectivity index (χ2v) is 4.50. The highest BCUT2D eigenvalue weighted by molar-refractivity contribution is 5.39. The molecule has 20 heavy (non-hydrogen) atoms. The van der Waals surface area contributed by atoms with E-state index in [1.54, 1.807) is 6.92 Å². The molecule has 2 rings (SSSR count). The molecule has 0 bridgehead atoms. The van der Waals surface area contributed by atoms with Crippen molar-refractivity contribution in [3.63, 3.8) is 0 Å². The van der Waals surface area contributed by atoms with E-state index < -0.39 is 36.8 Å². The molecular weight excluding hydrogens is 270 g/mol. The molecule has 9 nitrogen and oxygen atoms in total. The Bertz CT molecular complexity index is 533. The van der Waals surface area contributed by atoms with Crippen LogP contribution in [0.15, 0.2) is 11.0 Å². The maximum Gasteiger partial charge on any atom is 0.351 e. The summed E-state index contributed by atoms with van der Waals surface area (Å²) in [5, 5.41) is 37.5. The third kappa shape index (κ3) is 2.41. The lowest BCUT2D eigenvalue weighted by molar-refractivity contribution is -0.0550. The molecule has 9 heteroatoms. The molecule has 5 N–H and O–H groups in total. The molecule has 1 aliphatic heterocycles. The molecule has 2 heterocycles. The molecule has 1 aromatic heterocycles. The fraction of sp³-hybridized carbons (Fsp3) is 0.636. The number of rotatable bonds is 4. The van der Waals surface area contributed by atoms with Crippen LogP contribution in [-0.2, 0) is 11.2 Å². The lowest BCUT2D eigenvalue weighted by atomic mass is 10.1. The number of ether oxygens (including phenoxy) is 1. The zero-order valence-electron chi connectivity index (χ0n) is 10.8. The first-order valence-electron chi connectivity index (χ1n) is 6.18. The topological polar surface area (TPSA) is 137 Å². The number of hydrogen-bond donors (Lipinski definition) is 5. The molecule has 1 fully saturated rings. The standard InChI is InChI=1S/C11H17N3O6/c1-2-5-3-14(11(18)12-9(5)13-19)10-8(17)7(16)6(4-15)20-10/h3,6-8,10,15-17,19H,2,4H2,1H3,(H,12,13,18)/t6-,7-,8-,10-/m1/s1. The highest BCUT2D eigenvalue weighted by Crippen LogP contribution is 2.28. The van der Waals surface area contributed by atoms with Gasteiger partial charge in [-0.05, 0) is 6.42 Å². The maximum atomic E-state index is 11.9. The minimum atomic E-state index is -1.36. The predicted octanol–water partition coefficient (Wildman–Crippen LogP) is -1.78. The van der Waals surface area contributed by atoms with Crippen molar-refractivity contribution in [2.45, 2.75) is 37.9 Å². The number of aromatic nitrogens is 2. The van der Waals surface area contributed by atoms with Crippen LogP contribution in [0.25, 0.3) is 0 Å². The summed E-state index contributed by atoms with van der Waals surface area (Å²) < 4.78 is 6.30. The average molecular weight is 287 g/mol. The van der Waals surface area contributed by atoms with E-state index >= 15 is 0 Å². The van der Waals surface area contributed by atoms with Gasteiger partial charge in [-0.25, -0.2) is 4.79 Å². The van der Waals surface area contributed by atoms with Gasteiger partial charge in [-0.3, -0.25) is 15.3 Å². The fourth-order valence-electron chi connectivity index (χ4n) is 2.16. The van der Waals surface area contributed by atoms with Crippen molar-refractivity contribution in [2.75, 3.05) is 12.1 Å². The zero-order chi connectivity index (χ0) is 14.9. The van der Waals surface area contributed by atoms with Gasteiger partial charge in [0.05, 0.1) is 6.61 Å². The van der Waals surface area contributed by atoms with Crippen molar-refractivity contribution in [3.05, 3.63) is 22.2 Å². The van der Waals surface area contributed by atoms with Gasteiger partial charge in [0.15, 0.2) is 12.0 Å². The second-order valence-electron chi connectivity index (χ2n) is 4.50. The molecule has 0 amide bonds. The van der Waals surface area contributed by atoms with E-state index in [9.17, 15) is 15.0 Å². The van der Waals surface area contributed by atoms with Gasteiger partial charge in [0.1, 0.15) is 18.3 Å². The van der Waals surface area contributed by atoms with Crippen LogP contribution >= 0.6 is 0 Å². The first kappa shape index (κ1) is 14.9. The van der Waals surface area contributed by atoms with Crippen LogP contribution in [0, 0.1) is 0 Å². The molecule has 1 saturated heterocycles. The molecular formula is C11H17N3O6. The van der Waals surface area contributed by atoms with Crippen LogP contribution in [0.3, 0.4) is 0 Å². The number of aliphatic hydroxyl groups is 3. The van der Waals surface area contributed by atoms with Gasteiger partial charge in [0, 0.05) is 11.8 Å². The summed E-state index contributed by atoms with van der Waals surface area (Å²) in [7, 11) is 0. The summed E-state index contributed by atoms with van der Waals surface area (Å²) in [4.78, 5) is 15.5. The van der Waals surface area contributed by atoms with Gasteiger partial charge >= 0.3 is 5.69 Å². The second kappa shape index (κ2) is 5.85. The number of aliphatic hydroxyl groups excluding tert-OH is 3. The monoisotopic (exact) mass is 287 g/mol. The van der Waals surface area contributed by atoms with E-state index in [4.69, 9.17) is 15.1 Å². The maximum absolute atomic E-state index is 11.9. The Morgan fingerprint density at radius 2 is 2.15 bits per heavy atom. The molecule has 112 valence electrons. The van der Waals surface area contributed by atoms with Crippen molar-refractivity contribution >= 4 is 5.82 Å². The van der Waals surface area contributed by atoms with Crippen LogP contribution in [0.5, 0.6) is 0 Å². The third-order valence-electron chi connectivity index (χ3n) is 3.31. The van der Waals surface area contributed by atoms with Crippen LogP contribution in [-0.4, -0.2) is 55.0 Å². The smallest absolute Gasteiger partial charge is 0.351 e. The van der Waals surface area contributed by atoms with Crippen molar-refractivity contribution in [2.24, 2.45) is 0 Å². The van der Waals surface area contributed by atoms with Gasteiger partial charge in [0.2, 0.25) is 0 Å². The molecule has 4 atom stereocenters. The first-order valence-corrected chi connectivity index (χ1v) is 6.18. The van der Waals surface area contributed by atoms with Gasteiger partial charge < -0.3 is 20.1 Å². The van der Waals surface area contributed by atoms with E-state index in [1.165, 1.54) is 6.20 Å². The summed E-state index contributed by atoms with van der Waals surface area (Å²) in [5.41, 5.74) is 1.60.